The van der Waals surface area contributed by atoms with Crippen molar-refractivity contribution in [1.82, 2.24) is 15.1 Å². The number of aromatic nitrogens is 2. The second kappa shape index (κ2) is 10.4. The molecular weight excluding hydrogens is 406 g/mol. The number of nitrogens with zero attached hydrogens (tertiary/aromatic N) is 4. The number of fused-ring (bicyclic) bond motifs is 2. The normalized spacial score (nSPS) is 29.5. The smallest absolute Gasteiger partial charge is 0.169 e. The zero-order chi connectivity index (χ0) is 22.6. The summed E-state index contributed by atoms with van der Waals surface area (Å²) in [6, 6.07) is 14.5. The lowest BCUT2D eigenvalue weighted by Gasteiger charge is -2.46. The number of rotatable bonds is 3. The average molecular weight is 448 g/mol. The fourth-order valence-electron chi connectivity index (χ4n) is 6.63. The van der Waals surface area contributed by atoms with Crippen LogP contribution in [-0.2, 0) is 0 Å². The van der Waals surface area contributed by atoms with Gasteiger partial charge in [-0.2, -0.15) is 0 Å². The summed E-state index contributed by atoms with van der Waals surface area (Å²) in [5.41, 5.74) is 9.43. The van der Waals surface area contributed by atoms with Crippen LogP contribution in [0.2, 0.25) is 0 Å². The van der Waals surface area contributed by atoms with Crippen molar-refractivity contribution >= 4 is 11.5 Å². The zero-order valence-electron chi connectivity index (χ0n) is 20.3. The van der Waals surface area contributed by atoms with Gasteiger partial charge in [0.05, 0.1) is 11.4 Å². The SMILES string of the molecule is CC1CCCCCC(N2C3CCC2CN(c2cc(-c4ccccc4)nnc2N)C3)CCCC1. The van der Waals surface area contributed by atoms with E-state index in [1.807, 2.05) is 18.2 Å². The highest BCUT2D eigenvalue weighted by Crippen LogP contribution is 2.38. The molecule has 5 nitrogen and oxygen atoms in total. The van der Waals surface area contributed by atoms with E-state index in [1.165, 1.54) is 70.6 Å². The van der Waals surface area contributed by atoms with E-state index in [0.29, 0.717) is 17.9 Å². The van der Waals surface area contributed by atoms with E-state index in [4.69, 9.17) is 5.73 Å². The maximum Gasteiger partial charge on any atom is 0.169 e. The molecule has 2 N–H and O–H groups in total. The number of hydrogen-bond donors (Lipinski definition) is 1. The van der Waals surface area contributed by atoms with Gasteiger partial charge in [0, 0.05) is 36.8 Å². The number of nitrogens with two attached hydrogens (primary N) is 1. The number of piperazine rings is 1. The molecule has 4 unspecified atom stereocenters. The van der Waals surface area contributed by atoms with Crippen LogP contribution in [0.25, 0.3) is 11.3 Å². The molecule has 33 heavy (non-hydrogen) atoms. The lowest BCUT2D eigenvalue weighted by Crippen LogP contribution is -2.57. The Morgan fingerprint density at radius 2 is 1.39 bits per heavy atom. The molecule has 2 aliphatic heterocycles. The minimum atomic E-state index is 0.562. The fourth-order valence-corrected chi connectivity index (χ4v) is 6.63. The van der Waals surface area contributed by atoms with Gasteiger partial charge in [0.15, 0.2) is 5.82 Å². The molecule has 1 saturated carbocycles. The van der Waals surface area contributed by atoms with Crippen LogP contribution in [0.15, 0.2) is 36.4 Å². The first-order valence-electron chi connectivity index (χ1n) is 13.4. The van der Waals surface area contributed by atoms with E-state index in [0.717, 1.165) is 42.0 Å². The molecule has 2 saturated heterocycles. The molecule has 2 aromatic rings. The molecule has 1 aliphatic carbocycles. The average Bonchev–Trinajstić information content (AvgIpc) is 3.07. The van der Waals surface area contributed by atoms with E-state index >= 15 is 0 Å². The van der Waals surface area contributed by atoms with Crippen molar-refractivity contribution in [3.8, 4) is 11.3 Å². The molecule has 4 atom stereocenters. The van der Waals surface area contributed by atoms with Crippen molar-refractivity contribution in [2.24, 2.45) is 5.92 Å². The first-order chi connectivity index (χ1) is 16.2. The standard InChI is InChI=1S/C28H41N5/c1-21-10-4-2-7-14-23(15-9-8-11-21)33-24-16-17-25(33)20-32(19-24)27-18-26(30-31-28(27)29)22-12-5-3-6-13-22/h3,5-6,12-13,18,21,23-25H,2,4,7-11,14-17,19-20H2,1H3,(H2,29,31). The van der Waals surface area contributed by atoms with Gasteiger partial charge in [-0.15, -0.1) is 10.2 Å². The van der Waals surface area contributed by atoms with E-state index < -0.39 is 0 Å². The van der Waals surface area contributed by atoms with E-state index in [9.17, 15) is 0 Å². The minimum absolute atomic E-state index is 0.562. The Morgan fingerprint density at radius 1 is 0.758 bits per heavy atom. The monoisotopic (exact) mass is 447 g/mol. The highest BCUT2D eigenvalue weighted by Gasteiger charge is 2.43. The van der Waals surface area contributed by atoms with Gasteiger partial charge in [0.1, 0.15) is 0 Å². The number of benzene rings is 1. The Labute approximate surface area is 199 Å². The van der Waals surface area contributed by atoms with E-state index in [1.54, 1.807) is 0 Å². The van der Waals surface area contributed by atoms with Gasteiger partial charge < -0.3 is 10.6 Å². The van der Waals surface area contributed by atoms with Crippen LogP contribution in [0.5, 0.6) is 0 Å². The van der Waals surface area contributed by atoms with E-state index in [2.05, 4.69) is 45.1 Å². The van der Waals surface area contributed by atoms with Crippen molar-refractivity contribution in [1.29, 1.82) is 0 Å². The van der Waals surface area contributed by atoms with Crippen LogP contribution in [0.4, 0.5) is 11.5 Å². The van der Waals surface area contributed by atoms with Gasteiger partial charge >= 0.3 is 0 Å². The van der Waals surface area contributed by atoms with Gasteiger partial charge in [0.25, 0.3) is 0 Å². The molecule has 0 spiro atoms. The second-order valence-electron chi connectivity index (χ2n) is 10.8. The van der Waals surface area contributed by atoms with Crippen LogP contribution < -0.4 is 10.6 Å². The van der Waals surface area contributed by atoms with Crippen LogP contribution in [0.3, 0.4) is 0 Å². The summed E-state index contributed by atoms with van der Waals surface area (Å²) in [5, 5.41) is 8.72. The third-order valence-electron chi connectivity index (χ3n) is 8.39. The Balaban J connectivity index is 1.30. The lowest BCUT2D eigenvalue weighted by molar-refractivity contribution is 0.0947. The quantitative estimate of drug-likeness (QED) is 0.634. The summed E-state index contributed by atoms with van der Waals surface area (Å²) in [5.74, 6) is 1.48. The van der Waals surface area contributed by atoms with Gasteiger partial charge in [-0.1, -0.05) is 82.2 Å². The minimum Gasteiger partial charge on any atom is -0.380 e. The summed E-state index contributed by atoms with van der Waals surface area (Å²) < 4.78 is 0. The summed E-state index contributed by atoms with van der Waals surface area (Å²) in [4.78, 5) is 5.45. The van der Waals surface area contributed by atoms with Gasteiger partial charge in [-0.05, 0) is 37.7 Å². The topological polar surface area (TPSA) is 58.3 Å². The predicted octanol–water partition coefficient (Wildman–Crippen LogP) is 5.91. The summed E-state index contributed by atoms with van der Waals surface area (Å²) >= 11 is 0. The van der Waals surface area contributed by atoms with Crippen molar-refractivity contribution < 1.29 is 0 Å². The first-order valence-corrected chi connectivity index (χ1v) is 13.4. The van der Waals surface area contributed by atoms with Crippen LogP contribution >= 0.6 is 0 Å². The van der Waals surface area contributed by atoms with Crippen LogP contribution in [-0.4, -0.2) is 46.3 Å². The second-order valence-corrected chi connectivity index (χ2v) is 10.8. The van der Waals surface area contributed by atoms with Gasteiger partial charge in [-0.3, -0.25) is 4.90 Å². The number of anilines is 2. The highest BCUT2D eigenvalue weighted by atomic mass is 15.3. The van der Waals surface area contributed by atoms with Crippen molar-refractivity contribution in [2.45, 2.75) is 95.7 Å². The highest BCUT2D eigenvalue weighted by molar-refractivity contribution is 5.71. The summed E-state index contributed by atoms with van der Waals surface area (Å²) in [6.45, 7) is 4.58. The predicted molar refractivity (Wildman–Crippen MR) is 137 cm³/mol. The van der Waals surface area contributed by atoms with Crippen molar-refractivity contribution in [2.75, 3.05) is 23.7 Å². The number of hydrogen-bond acceptors (Lipinski definition) is 5. The van der Waals surface area contributed by atoms with Crippen molar-refractivity contribution in [3.05, 3.63) is 36.4 Å². The van der Waals surface area contributed by atoms with Gasteiger partial charge in [-0.25, -0.2) is 0 Å². The molecule has 0 radical (unpaired) electrons. The molecule has 3 heterocycles. The fraction of sp³-hybridized carbons (Fsp3) is 0.643. The summed E-state index contributed by atoms with van der Waals surface area (Å²) in [6.07, 6.45) is 15.3. The molecule has 1 aromatic heterocycles. The Hall–Kier alpha value is -2.14. The number of nitrogen functional groups attached to an aromatic ring is 1. The summed E-state index contributed by atoms with van der Waals surface area (Å²) in [7, 11) is 0. The third kappa shape index (κ3) is 5.18. The zero-order valence-corrected chi connectivity index (χ0v) is 20.3. The van der Waals surface area contributed by atoms with Crippen molar-refractivity contribution in [3.63, 3.8) is 0 Å². The largest absolute Gasteiger partial charge is 0.380 e. The lowest BCUT2D eigenvalue weighted by atomic mass is 9.97. The Kier molecular flexibility index (Phi) is 7.15. The molecule has 1 aromatic carbocycles. The molecular formula is C28H41N5. The molecule has 0 amide bonds. The Morgan fingerprint density at radius 3 is 2.12 bits per heavy atom. The molecule has 3 aliphatic rings. The maximum absolute atomic E-state index is 6.35. The molecule has 178 valence electrons. The van der Waals surface area contributed by atoms with Crippen LogP contribution in [0, 0.1) is 5.92 Å². The Bertz CT molecular complexity index is 886. The first kappa shape index (κ1) is 22.6. The molecule has 5 rings (SSSR count). The van der Waals surface area contributed by atoms with Gasteiger partial charge in [0.2, 0.25) is 0 Å². The molecule has 5 heteroatoms. The van der Waals surface area contributed by atoms with E-state index in [-0.39, 0.29) is 0 Å². The van der Waals surface area contributed by atoms with Crippen LogP contribution in [0.1, 0.15) is 77.6 Å². The third-order valence-corrected chi connectivity index (χ3v) is 8.39. The molecule has 3 fully saturated rings. The molecule has 2 bridgehead atoms. The maximum atomic E-state index is 6.35.